The highest BCUT2D eigenvalue weighted by Gasteiger charge is 2.51. The maximum absolute atomic E-state index is 13.1. The van der Waals surface area contributed by atoms with Crippen molar-refractivity contribution in [3.8, 4) is 22.6 Å². The van der Waals surface area contributed by atoms with E-state index in [1.165, 1.54) is 0 Å². The molecule has 0 saturated heterocycles. The fourth-order valence-corrected chi connectivity index (χ4v) is 4.04. The van der Waals surface area contributed by atoms with Gasteiger partial charge in [0, 0.05) is 12.1 Å². The van der Waals surface area contributed by atoms with Crippen molar-refractivity contribution in [2.24, 2.45) is 0 Å². The number of carbonyl (C=O) groups is 1. The van der Waals surface area contributed by atoms with E-state index in [0.29, 0.717) is 10.8 Å². The Labute approximate surface area is 175 Å². The van der Waals surface area contributed by atoms with Crippen molar-refractivity contribution in [3.05, 3.63) is 76.8 Å². The average molecular weight is 408 g/mol. The fraction of sp³-hybridized carbons (Fsp3) is 0.208. The Balaban J connectivity index is 0.00000218. The molecule has 3 aromatic rings. The molecule has 0 aromatic heterocycles. The number of carbonyl (C=O) groups excluding carboxylic acids is 1. The van der Waals surface area contributed by atoms with Crippen LogP contribution in [0.3, 0.4) is 0 Å². The zero-order valence-corrected chi connectivity index (χ0v) is 16.8. The third-order valence-electron chi connectivity index (χ3n) is 5.75. The van der Waals surface area contributed by atoms with E-state index in [-0.39, 0.29) is 14.1 Å². The summed E-state index contributed by atoms with van der Waals surface area (Å²) in [5.74, 6) is 1.47. The lowest BCUT2D eigenvalue weighted by molar-refractivity contribution is -0.118. The molecule has 1 amide bonds. The van der Waals surface area contributed by atoms with E-state index < -0.39 is 5.41 Å². The molecule has 29 heavy (non-hydrogen) atoms. The Morgan fingerprint density at radius 2 is 1.76 bits per heavy atom. The van der Waals surface area contributed by atoms with Gasteiger partial charge in [0.05, 0.1) is 5.41 Å². The first-order valence-corrected chi connectivity index (χ1v) is 10.0. The highest BCUT2D eigenvalue weighted by molar-refractivity contribution is 6.30. The van der Waals surface area contributed by atoms with Crippen LogP contribution in [0.5, 0.6) is 11.5 Å². The lowest BCUT2D eigenvalue weighted by atomic mass is 9.94. The van der Waals surface area contributed by atoms with Gasteiger partial charge in [-0.25, -0.2) is 0 Å². The molecule has 3 aromatic carbocycles. The lowest BCUT2D eigenvalue weighted by Crippen LogP contribution is -2.27. The van der Waals surface area contributed by atoms with Gasteiger partial charge in [-0.3, -0.25) is 4.79 Å². The number of anilines is 1. The van der Waals surface area contributed by atoms with Crippen LogP contribution in [0, 0.1) is 6.92 Å². The van der Waals surface area contributed by atoms with Gasteiger partial charge in [-0.05, 0) is 78.4 Å². The summed E-state index contributed by atoms with van der Waals surface area (Å²) in [6, 6.07) is 19.6. The maximum atomic E-state index is 13.1. The highest BCUT2D eigenvalue weighted by Crippen LogP contribution is 2.51. The lowest BCUT2D eigenvalue weighted by Gasteiger charge is -2.17. The van der Waals surface area contributed by atoms with Crippen molar-refractivity contribution >= 4 is 23.2 Å². The summed E-state index contributed by atoms with van der Waals surface area (Å²) in [5.41, 5.74) is 4.62. The van der Waals surface area contributed by atoms with Crippen LogP contribution < -0.4 is 14.8 Å². The number of hydrogen-bond acceptors (Lipinski definition) is 3. The molecule has 1 aliphatic heterocycles. The van der Waals surface area contributed by atoms with Gasteiger partial charge in [0.25, 0.3) is 0 Å². The number of halogens is 1. The third-order valence-corrected chi connectivity index (χ3v) is 6.00. The molecule has 0 atom stereocenters. The predicted molar refractivity (Wildman–Crippen MR) is 116 cm³/mol. The summed E-state index contributed by atoms with van der Waals surface area (Å²) in [7, 11) is 0. The molecule has 1 aliphatic carbocycles. The van der Waals surface area contributed by atoms with Crippen LogP contribution in [0.15, 0.2) is 60.7 Å². The van der Waals surface area contributed by atoms with Crippen LogP contribution >= 0.6 is 11.6 Å². The molecule has 0 radical (unpaired) electrons. The van der Waals surface area contributed by atoms with E-state index in [0.717, 1.165) is 46.5 Å². The molecule has 1 fully saturated rings. The summed E-state index contributed by atoms with van der Waals surface area (Å²) < 4.78 is 10.9. The molecule has 5 heteroatoms. The molecular formula is C24H22ClNO3. The summed E-state index contributed by atoms with van der Waals surface area (Å²) in [6.07, 6.45) is 1.67. The Kier molecular flexibility index (Phi) is 4.25. The van der Waals surface area contributed by atoms with Crippen LogP contribution in [0.2, 0.25) is 5.02 Å². The van der Waals surface area contributed by atoms with Crippen LogP contribution in [-0.4, -0.2) is 12.7 Å². The first-order valence-electron chi connectivity index (χ1n) is 9.63. The van der Waals surface area contributed by atoms with Gasteiger partial charge in [-0.15, -0.1) is 0 Å². The Hall–Kier alpha value is -2.98. The van der Waals surface area contributed by atoms with E-state index in [4.69, 9.17) is 21.1 Å². The summed E-state index contributed by atoms with van der Waals surface area (Å²) in [5, 5.41) is 3.82. The van der Waals surface area contributed by atoms with E-state index in [1.807, 2.05) is 67.6 Å². The third kappa shape index (κ3) is 3.23. The van der Waals surface area contributed by atoms with Gasteiger partial charge in [0.2, 0.25) is 12.7 Å². The van der Waals surface area contributed by atoms with Gasteiger partial charge >= 0.3 is 0 Å². The number of hydrogen-bond donors (Lipinski definition) is 1. The summed E-state index contributed by atoms with van der Waals surface area (Å²) >= 11 is 5.99. The van der Waals surface area contributed by atoms with Crippen LogP contribution in [0.4, 0.5) is 5.69 Å². The molecule has 0 bridgehead atoms. The standard InChI is InChI=1S/C24H20ClNO3.H2/c1-15-12-19(7-8-20(15)16-2-5-18(25)6-3-16)26-23(27)24(10-11-24)17-4-9-21-22(13-17)29-14-28-21;/h2-9,12-13H,10-11,14H2,1H3,(H,26,27);1H. The smallest absolute Gasteiger partial charge is 0.235 e. The quantitative estimate of drug-likeness (QED) is 0.580. The SMILES string of the molecule is Cc1cc(NC(=O)C2(c3ccc4c(c3)OCO4)CC2)ccc1-c1ccc(Cl)cc1.[HH]. The number of nitrogens with one attached hydrogen (secondary N) is 1. The van der Waals surface area contributed by atoms with E-state index >= 15 is 0 Å². The molecular weight excluding hydrogens is 386 g/mol. The second-order valence-electron chi connectivity index (χ2n) is 7.64. The van der Waals surface area contributed by atoms with E-state index in [2.05, 4.69) is 5.32 Å². The fourth-order valence-electron chi connectivity index (χ4n) is 3.91. The number of benzene rings is 3. The number of aryl methyl sites for hydroxylation is 1. The average Bonchev–Trinajstić information content (AvgIpc) is 3.40. The minimum atomic E-state index is -0.482. The van der Waals surface area contributed by atoms with Gasteiger partial charge in [-0.2, -0.15) is 0 Å². The topological polar surface area (TPSA) is 47.6 Å². The first kappa shape index (κ1) is 18.1. The Bertz CT molecular complexity index is 1110. The predicted octanol–water partition coefficient (Wildman–Crippen LogP) is 5.96. The number of ether oxygens (including phenoxy) is 2. The van der Waals surface area contributed by atoms with E-state index in [9.17, 15) is 4.79 Å². The van der Waals surface area contributed by atoms with Crippen LogP contribution in [0.1, 0.15) is 25.4 Å². The van der Waals surface area contributed by atoms with Gasteiger partial charge < -0.3 is 14.8 Å². The largest absolute Gasteiger partial charge is 0.454 e. The van der Waals surface area contributed by atoms with Crippen molar-refractivity contribution in [2.45, 2.75) is 25.2 Å². The van der Waals surface area contributed by atoms with Crippen molar-refractivity contribution in [2.75, 3.05) is 12.1 Å². The monoisotopic (exact) mass is 407 g/mol. The molecule has 0 unspecified atom stereocenters. The molecule has 2 aliphatic rings. The van der Waals surface area contributed by atoms with Crippen LogP contribution in [-0.2, 0) is 10.2 Å². The molecule has 1 saturated carbocycles. The minimum Gasteiger partial charge on any atom is -0.454 e. The van der Waals surface area contributed by atoms with Gasteiger partial charge in [-0.1, -0.05) is 35.9 Å². The van der Waals surface area contributed by atoms with Crippen molar-refractivity contribution in [1.29, 1.82) is 0 Å². The van der Waals surface area contributed by atoms with Crippen molar-refractivity contribution in [3.63, 3.8) is 0 Å². The van der Waals surface area contributed by atoms with Gasteiger partial charge in [0.15, 0.2) is 11.5 Å². The molecule has 1 N–H and O–H groups in total. The van der Waals surface area contributed by atoms with Crippen molar-refractivity contribution < 1.29 is 15.7 Å². The normalized spacial score (nSPS) is 15.8. The van der Waals surface area contributed by atoms with Crippen LogP contribution in [0.25, 0.3) is 11.1 Å². The van der Waals surface area contributed by atoms with Gasteiger partial charge in [0.1, 0.15) is 0 Å². The second-order valence-corrected chi connectivity index (χ2v) is 8.08. The highest BCUT2D eigenvalue weighted by atomic mass is 35.5. The first-order chi connectivity index (χ1) is 14.0. The Morgan fingerprint density at radius 1 is 1.00 bits per heavy atom. The molecule has 4 nitrogen and oxygen atoms in total. The molecule has 1 heterocycles. The Morgan fingerprint density at radius 3 is 2.48 bits per heavy atom. The minimum absolute atomic E-state index is 0. The van der Waals surface area contributed by atoms with E-state index in [1.54, 1.807) is 0 Å². The number of rotatable bonds is 4. The van der Waals surface area contributed by atoms with Crippen molar-refractivity contribution in [1.82, 2.24) is 0 Å². The maximum Gasteiger partial charge on any atom is 0.235 e. The molecule has 148 valence electrons. The zero-order chi connectivity index (χ0) is 20.0. The zero-order valence-electron chi connectivity index (χ0n) is 16.0. The second kappa shape index (κ2) is 6.82. The summed E-state index contributed by atoms with van der Waals surface area (Å²) in [4.78, 5) is 13.1. The molecule has 5 rings (SSSR count). The summed E-state index contributed by atoms with van der Waals surface area (Å²) in [6.45, 7) is 2.28. The number of fused-ring (bicyclic) bond motifs is 1. The molecule has 0 spiro atoms. The number of amides is 1.